The highest BCUT2D eigenvalue weighted by molar-refractivity contribution is 7.89. The van der Waals surface area contributed by atoms with Gasteiger partial charge < -0.3 is 14.7 Å². The van der Waals surface area contributed by atoms with Crippen LogP contribution < -0.4 is 9.64 Å². The highest BCUT2D eigenvalue weighted by Crippen LogP contribution is 2.26. The molecule has 4 rings (SSSR count). The van der Waals surface area contributed by atoms with Crippen LogP contribution in [0.15, 0.2) is 65.6 Å². The van der Waals surface area contributed by atoms with Crippen LogP contribution in [0.4, 0.5) is 0 Å². The quantitative estimate of drug-likeness (QED) is 0.667. The van der Waals surface area contributed by atoms with Crippen molar-refractivity contribution < 1.29 is 23.2 Å². The maximum absolute atomic E-state index is 12.9. The van der Waals surface area contributed by atoms with Crippen molar-refractivity contribution in [3.8, 4) is 11.5 Å². The Balaban J connectivity index is 1.46. The number of fused-ring (bicyclic) bond motifs is 1. The van der Waals surface area contributed by atoms with Crippen molar-refractivity contribution in [2.45, 2.75) is 11.4 Å². The Morgan fingerprint density at radius 1 is 1.00 bits per heavy atom. The lowest BCUT2D eigenvalue weighted by atomic mass is 10.0. The summed E-state index contributed by atoms with van der Waals surface area (Å²) in [5.74, 6) is 0.928. The van der Waals surface area contributed by atoms with E-state index >= 15 is 0 Å². The number of benzene rings is 3. The molecule has 3 aromatic carbocycles. The third-order valence-corrected chi connectivity index (χ3v) is 7.48. The zero-order chi connectivity index (χ0) is 20.4. The molecule has 1 aliphatic heterocycles. The summed E-state index contributed by atoms with van der Waals surface area (Å²) in [4.78, 5) is 1.55. The van der Waals surface area contributed by atoms with Gasteiger partial charge in [-0.1, -0.05) is 30.3 Å². The van der Waals surface area contributed by atoms with E-state index in [2.05, 4.69) is 0 Å². The number of sulfonamides is 1. The molecule has 0 aliphatic carbocycles. The lowest BCUT2D eigenvalue weighted by Gasteiger charge is -2.31. The Hall–Kier alpha value is -2.61. The molecule has 3 aromatic rings. The molecule has 2 N–H and O–H groups in total. The van der Waals surface area contributed by atoms with Gasteiger partial charge in [-0.3, -0.25) is 0 Å². The number of quaternary nitrogens is 1. The number of phenolic OH excluding ortho intramolecular Hbond substituents is 1. The van der Waals surface area contributed by atoms with Crippen LogP contribution in [0.1, 0.15) is 5.56 Å². The molecule has 0 unspecified atom stereocenters. The summed E-state index contributed by atoms with van der Waals surface area (Å²) in [6.45, 7) is 2.96. The number of phenols is 1. The second-order valence-electron chi connectivity index (χ2n) is 7.29. The van der Waals surface area contributed by atoms with E-state index in [1.807, 2.05) is 30.3 Å². The van der Waals surface area contributed by atoms with Gasteiger partial charge in [0.15, 0.2) is 0 Å². The molecule has 1 heterocycles. The number of hydrogen-bond acceptors (Lipinski definition) is 4. The summed E-state index contributed by atoms with van der Waals surface area (Å²) in [7, 11) is -1.96. The van der Waals surface area contributed by atoms with Crippen molar-refractivity contribution in [3.63, 3.8) is 0 Å². The summed E-state index contributed by atoms with van der Waals surface area (Å²) < 4.78 is 32.5. The van der Waals surface area contributed by atoms with Crippen molar-refractivity contribution in [1.82, 2.24) is 4.31 Å². The van der Waals surface area contributed by atoms with E-state index in [9.17, 15) is 13.5 Å². The smallest absolute Gasteiger partial charge is 0.243 e. The summed E-state index contributed by atoms with van der Waals surface area (Å²) in [5, 5.41) is 12.5. The van der Waals surface area contributed by atoms with Crippen LogP contribution in [0.5, 0.6) is 11.5 Å². The van der Waals surface area contributed by atoms with E-state index < -0.39 is 10.0 Å². The van der Waals surface area contributed by atoms with Gasteiger partial charge in [0.05, 0.1) is 43.7 Å². The minimum atomic E-state index is -3.51. The molecule has 0 amide bonds. The van der Waals surface area contributed by atoms with Crippen molar-refractivity contribution >= 4 is 20.8 Å². The minimum Gasteiger partial charge on any atom is -0.507 e. The van der Waals surface area contributed by atoms with Crippen molar-refractivity contribution in [3.05, 3.63) is 66.2 Å². The summed E-state index contributed by atoms with van der Waals surface area (Å²) >= 11 is 0. The maximum Gasteiger partial charge on any atom is 0.243 e. The molecule has 29 heavy (non-hydrogen) atoms. The first-order valence-corrected chi connectivity index (χ1v) is 11.1. The van der Waals surface area contributed by atoms with Gasteiger partial charge in [0.25, 0.3) is 0 Å². The second-order valence-corrected chi connectivity index (χ2v) is 9.23. The monoisotopic (exact) mass is 413 g/mol. The number of ether oxygens (including phenoxy) is 1. The number of aromatic hydroxyl groups is 1. The summed E-state index contributed by atoms with van der Waals surface area (Å²) in [6, 6.07) is 18.2. The van der Waals surface area contributed by atoms with E-state index in [1.165, 1.54) is 4.90 Å². The Morgan fingerprint density at radius 3 is 2.38 bits per heavy atom. The van der Waals surface area contributed by atoms with Crippen molar-refractivity contribution in [2.75, 3.05) is 33.3 Å². The van der Waals surface area contributed by atoms with E-state index in [0.29, 0.717) is 44.2 Å². The average Bonchev–Trinajstić information content (AvgIpc) is 2.76. The van der Waals surface area contributed by atoms with Crippen LogP contribution >= 0.6 is 0 Å². The van der Waals surface area contributed by atoms with Gasteiger partial charge in [-0.2, -0.15) is 4.31 Å². The van der Waals surface area contributed by atoms with E-state index in [4.69, 9.17) is 4.74 Å². The van der Waals surface area contributed by atoms with Crippen molar-refractivity contribution in [2.24, 2.45) is 0 Å². The number of nitrogens with one attached hydrogen (secondary N) is 1. The van der Waals surface area contributed by atoms with Gasteiger partial charge in [-0.25, -0.2) is 8.42 Å². The molecule has 6 nitrogen and oxygen atoms in total. The molecular formula is C22H25N2O4S+. The molecule has 0 atom stereocenters. The first-order chi connectivity index (χ1) is 14.0. The number of rotatable bonds is 5. The zero-order valence-electron chi connectivity index (χ0n) is 16.3. The standard InChI is InChI=1S/C22H24N2O4S/c1-28-18-7-9-19(10-8-18)29(26,27)24-14-12-23(13-15-24)16-21-20-5-3-2-4-17(20)6-11-22(21)25/h2-11,25H,12-16H2,1H3/p+1. The van der Waals surface area contributed by atoms with Crippen LogP contribution in [0.2, 0.25) is 0 Å². The lowest BCUT2D eigenvalue weighted by Crippen LogP contribution is -3.13. The van der Waals surface area contributed by atoms with Crippen LogP contribution in [0.3, 0.4) is 0 Å². The van der Waals surface area contributed by atoms with Crippen molar-refractivity contribution in [1.29, 1.82) is 0 Å². The Kier molecular flexibility index (Phi) is 5.45. The molecule has 7 heteroatoms. The predicted molar refractivity (Wildman–Crippen MR) is 112 cm³/mol. The number of piperazine rings is 1. The Morgan fingerprint density at radius 2 is 1.69 bits per heavy atom. The molecule has 0 saturated carbocycles. The second kappa shape index (κ2) is 8.02. The van der Waals surface area contributed by atoms with Crippen LogP contribution in [0.25, 0.3) is 10.8 Å². The van der Waals surface area contributed by atoms with Gasteiger partial charge in [0.2, 0.25) is 10.0 Å². The van der Waals surface area contributed by atoms with E-state index in [1.54, 1.807) is 41.7 Å². The van der Waals surface area contributed by atoms with Gasteiger partial charge in [-0.15, -0.1) is 0 Å². The maximum atomic E-state index is 12.9. The SMILES string of the molecule is COc1ccc(S(=O)(=O)N2CC[NH+](Cc3c(O)ccc4ccccc34)CC2)cc1. The van der Waals surface area contributed by atoms with Crippen LogP contribution in [-0.2, 0) is 16.6 Å². The fourth-order valence-electron chi connectivity index (χ4n) is 3.88. The topological polar surface area (TPSA) is 71.3 Å². The first-order valence-electron chi connectivity index (χ1n) is 9.66. The van der Waals surface area contributed by atoms with Crippen LogP contribution in [0, 0.1) is 0 Å². The highest BCUT2D eigenvalue weighted by Gasteiger charge is 2.31. The number of methoxy groups -OCH3 is 1. The number of nitrogens with zero attached hydrogens (tertiary/aromatic N) is 1. The highest BCUT2D eigenvalue weighted by atomic mass is 32.2. The molecular weight excluding hydrogens is 388 g/mol. The summed E-state index contributed by atoms with van der Waals surface area (Å²) in [6.07, 6.45) is 0. The Labute approximate surface area is 171 Å². The lowest BCUT2D eigenvalue weighted by molar-refractivity contribution is -0.917. The molecule has 152 valence electrons. The zero-order valence-corrected chi connectivity index (χ0v) is 17.2. The molecule has 0 aromatic heterocycles. The molecule has 1 fully saturated rings. The van der Waals surface area contributed by atoms with E-state index in [0.717, 1.165) is 16.3 Å². The molecule has 0 spiro atoms. The number of hydrogen-bond donors (Lipinski definition) is 2. The third-order valence-electron chi connectivity index (χ3n) is 5.57. The van der Waals surface area contributed by atoms with Gasteiger partial charge in [0.1, 0.15) is 18.0 Å². The first kappa shape index (κ1) is 19.7. The summed E-state index contributed by atoms with van der Waals surface area (Å²) in [5.41, 5.74) is 0.921. The van der Waals surface area contributed by atoms with Gasteiger partial charge in [0, 0.05) is 0 Å². The molecule has 0 radical (unpaired) electrons. The fourth-order valence-corrected chi connectivity index (χ4v) is 5.32. The average molecular weight is 414 g/mol. The predicted octanol–water partition coefficient (Wildman–Crippen LogP) is 1.64. The van der Waals surface area contributed by atoms with E-state index in [-0.39, 0.29) is 4.90 Å². The normalized spacial score (nSPS) is 16.2. The molecule has 1 aliphatic rings. The largest absolute Gasteiger partial charge is 0.507 e. The Bertz CT molecular complexity index is 1110. The fraction of sp³-hybridized carbons (Fsp3) is 0.273. The minimum absolute atomic E-state index is 0.286. The third kappa shape index (κ3) is 3.94. The molecule has 0 bridgehead atoms. The van der Waals surface area contributed by atoms with Gasteiger partial charge in [-0.05, 0) is 41.1 Å². The van der Waals surface area contributed by atoms with Crippen LogP contribution in [-0.4, -0.2) is 51.1 Å². The molecule has 1 saturated heterocycles. The van der Waals surface area contributed by atoms with Gasteiger partial charge >= 0.3 is 0 Å².